The van der Waals surface area contributed by atoms with Gasteiger partial charge in [0.25, 0.3) is 11.1 Å². The maximum atomic E-state index is 12.3. The van der Waals surface area contributed by atoms with E-state index in [1.165, 1.54) is 11.6 Å². The first-order chi connectivity index (χ1) is 13.4. The van der Waals surface area contributed by atoms with Gasteiger partial charge in [-0.3, -0.25) is 14.6 Å². The fourth-order valence-electron chi connectivity index (χ4n) is 3.50. The normalized spacial score (nSPS) is 11.4. The van der Waals surface area contributed by atoms with Crippen LogP contribution in [0.15, 0.2) is 52.1 Å². The van der Waals surface area contributed by atoms with Gasteiger partial charge in [0, 0.05) is 17.6 Å². The molecule has 0 amide bonds. The van der Waals surface area contributed by atoms with E-state index < -0.39 is 11.1 Å². The maximum Gasteiger partial charge on any atom is 0.278 e. The number of nitrogens with zero attached hydrogens (tertiary/aromatic N) is 2. The summed E-state index contributed by atoms with van der Waals surface area (Å²) < 4.78 is 2.04. The van der Waals surface area contributed by atoms with Crippen LogP contribution in [0.4, 0.5) is 0 Å². The summed E-state index contributed by atoms with van der Waals surface area (Å²) in [5, 5.41) is 0.720. The molecule has 0 saturated carbocycles. The summed E-state index contributed by atoms with van der Waals surface area (Å²) in [5.74, 6) is 0. The van der Waals surface area contributed by atoms with Gasteiger partial charge >= 0.3 is 0 Å². The zero-order valence-electron chi connectivity index (χ0n) is 15.8. The number of aromatic amines is 1. The summed E-state index contributed by atoms with van der Waals surface area (Å²) >= 11 is 5.96. The van der Waals surface area contributed by atoms with E-state index in [0.717, 1.165) is 40.0 Å². The Kier molecular flexibility index (Phi) is 4.77. The molecular weight excluding hydrogens is 374 g/mol. The number of nitrogens with one attached hydrogen (secondary N) is 1. The molecule has 0 atom stereocenters. The topological polar surface area (TPSA) is 67.8 Å². The second-order valence-electron chi connectivity index (χ2n) is 7.12. The van der Waals surface area contributed by atoms with Crippen molar-refractivity contribution in [1.29, 1.82) is 0 Å². The minimum Gasteiger partial charge on any atom is -0.338 e. The van der Waals surface area contributed by atoms with Crippen molar-refractivity contribution in [2.45, 2.75) is 33.2 Å². The van der Waals surface area contributed by atoms with Gasteiger partial charge in [0.05, 0.1) is 16.7 Å². The summed E-state index contributed by atoms with van der Waals surface area (Å²) in [5.41, 5.74) is 5.15. The third kappa shape index (κ3) is 3.45. The molecule has 2 aromatic carbocycles. The lowest BCUT2D eigenvalue weighted by molar-refractivity contribution is 0.659. The molecule has 0 unspecified atom stereocenters. The van der Waals surface area contributed by atoms with E-state index >= 15 is 0 Å². The molecule has 6 heteroatoms. The minimum absolute atomic E-state index is 0.293. The van der Waals surface area contributed by atoms with Gasteiger partial charge < -0.3 is 4.57 Å². The van der Waals surface area contributed by atoms with Crippen LogP contribution in [-0.2, 0) is 13.0 Å². The highest BCUT2D eigenvalue weighted by Gasteiger charge is 2.17. The second-order valence-corrected chi connectivity index (χ2v) is 7.55. The molecule has 0 saturated heterocycles. The van der Waals surface area contributed by atoms with Gasteiger partial charge in [-0.2, -0.15) is 0 Å². The Morgan fingerprint density at radius 3 is 2.50 bits per heavy atom. The van der Waals surface area contributed by atoms with Gasteiger partial charge in [-0.15, -0.1) is 0 Å². The lowest BCUT2D eigenvalue weighted by atomic mass is 10.1. The highest BCUT2D eigenvalue weighted by atomic mass is 35.5. The average molecular weight is 394 g/mol. The lowest BCUT2D eigenvalue weighted by Crippen LogP contribution is -2.25. The standard InChI is InChI=1S/C22H20ClN3O2/c1-13-10-17-18(11-14(13)2)26(9-3-4-15-5-7-16(23)8-6-15)19-12-20(27)25-22(28)21(19)24-17/h5-8,10-12H,3-4,9H2,1-2H3,(H,25,27,28). The van der Waals surface area contributed by atoms with E-state index in [0.29, 0.717) is 17.9 Å². The van der Waals surface area contributed by atoms with Crippen LogP contribution in [0.3, 0.4) is 0 Å². The van der Waals surface area contributed by atoms with Gasteiger partial charge in [0.1, 0.15) is 0 Å². The fraction of sp³-hybridized carbons (Fsp3) is 0.227. The van der Waals surface area contributed by atoms with Gasteiger partial charge in [-0.1, -0.05) is 23.7 Å². The predicted octanol–water partition coefficient (Wildman–Crippen LogP) is 4.09. The van der Waals surface area contributed by atoms with Crippen molar-refractivity contribution in [3.05, 3.63) is 84.9 Å². The van der Waals surface area contributed by atoms with E-state index in [4.69, 9.17) is 11.6 Å². The Hall–Kier alpha value is -2.92. The number of aromatic nitrogens is 3. The number of halogens is 1. The van der Waals surface area contributed by atoms with Crippen LogP contribution in [0.5, 0.6) is 0 Å². The first kappa shape index (κ1) is 18.4. The van der Waals surface area contributed by atoms with Crippen LogP contribution in [0.25, 0.3) is 22.4 Å². The highest BCUT2D eigenvalue weighted by molar-refractivity contribution is 6.30. The van der Waals surface area contributed by atoms with Crippen LogP contribution in [0.1, 0.15) is 23.1 Å². The molecule has 2 heterocycles. The molecule has 0 radical (unpaired) electrons. The van der Waals surface area contributed by atoms with Crippen LogP contribution in [0.2, 0.25) is 5.02 Å². The molecule has 1 N–H and O–H groups in total. The molecule has 0 fully saturated rings. The van der Waals surface area contributed by atoms with E-state index in [1.54, 1.807) is 0 Å². The molecule has 28 heavy (non-hydrogen) atoms. The molecule has 2 aromatic rings. The summed E-state index contributed by atoms with van der Waals surface area (Å²) in [6, 6.07) is 13.3. The van der Waals surface area contributed by atoms with Gasteiger partial charge in [0.15, 0.2) is 5.69 Å². The summed E-state index contributed by atoms with van der Waals surface area (Å²) in [6.45, 7) is 4.74. The maximum absolute atomic E-state index is 12.3. The van der Waals surface area contributed by atoms with Gasteiger partial charge in [0.2, 0.25) is 0 Å². The van der Waals surface area contributed by atoms with Crippen LogP contribution < -0.4 is 11.1 Å². The Morgan fingerprint density at radius 1 is 1.04 bits per heavy atom. The van der Waals surface area contributed by atoms with Crippen molar-refractivity contribution in [2.75, 3.05) is 0 Å². The van der Waals surface area contributed by atoms with Crippen molar-refractivity contribution in [1.82, 2.24) is 14.5 Å². The summed E-state index contributed by atoms with van der Waals surface area (Å²) in [6.07, 6.45) is 1.72. The van der Waals surface area contributed by atoms with Crippen molar-refractivity contribution < 1.29 is 0 Å². The number of benzene rings is 2. The molecule has 2 aliphatic rings. The molecule has 142 valence electrons. The van der Waals surface area contributed by atoms with Crippen molar-refractivity contribution in [3.8, 4) is 11.4 Å². The van der Waals surface area contributed by atoms with Crippen molar-refractivity contribution in [2.24, 2.45) is 0 Å². The van der Waals surface area contributed by atoms with Gasteiger partial charge in [-0.05, 0) is 67.6 Å². The number of fused-ring (bicyclic) bond motifs is 2. The molecule has 4 rings (SSSR count). The molecule has 0 aliphatic carbocycles. The van der Waals surface area contributed by atoms with E-state index in [2.05, 4.69) is 16.0 Å². The van der Waals surface area contributed by atoms with Crippen molar-refractivity contribution >= 4 is 22.6 Å². The molecule has 0 spiro atoms. The van der Waals surface area contributed by atoms with Crippen LogP contribution >= 0.6 is 11.6 Å². The summed E-state index contributed by atoms with van der Waals surface area (Å²) in [4.78, 5) is 31.1. The Balaban J connectivity index is 1.81. The first-order valence-corrected chi connectivity index (χ1v) is 9.59. The lowest BCUT2D eigenvalue weighted by Gasteiger charge is -2.19. The Labute approximate surface area is 167 Å². The average Bonchev–Trinajstić information content (AvgIpc) is 2.65. The minimum atomic E-state index is -0.450. The van der Waals surface area contributed by atoms with E-state index in [-0.39, 0.29) is 0 Å². The van der Waals surface area contributed by atoms with Crippen molar-refractivity contribution in [3.63, 3.8) is 0 Å². The molecule has 0 aromatic heterocycles. The number of H-pyrrole nitrogens is 1. The predicted molar refractivity (Wildman–Crippen MR) is 112 cm³/mol. The molecule has 5 nitrogen and oxygen atoms in total. The second kappa shape index (κ2) is 7.24. The number of rotatable bonds is 4. The number of hydrogen-bond donors (Lipinski definition) is 1. The number of aryl methyl sites for hydroxylation is 4. The number of hydrogen-bond acceptors (Lipinski definition) is 3. The summed E-state index contributed by atoms with van der Waals surface area (Å²) in [7, 11) is 0. The van der Waals surface area contributed by atoms with E-state index in [1.807, 2.05) is 48.7 Å². The fourth-order valence-corrected chi connectivity index (χ4v) is 3.63. The smallest absolute Gasteiger partial charge is 0.278 e. The van der Waals surface area contributed by atoms with Crippen LogP contribution in [0, 0.1) is 13.8 Å². The highest BCUT2D eigenvalue weighted by Crippen LogP contribution is 2.25. The molecular formula is C22H20ClN3O2. The SMILES string of the molecule is Cc1cc2nc3c(=O)[nH]c(=O)cc-3n(CCCc3ccc(Cl)cc3)c2cc1C. The first-order valence-electron chi connectivity index (χ1n) is 9.21. The third-order valence-corrected chi connectivity index (χ3v) is 5.38. The van der Waals surface area contributed by atoms with E-state index in [9.17, 15) is 9.59 Å². The van der Waals surface area contributed by atoms with Gasteiger partial charge in [-0.25, -0.2) is 4.98 Å². The number of pyridine rings is 1. The Morgan fingerprint density at radius 2 is 1.75 bits per heavy atom. The quantitative estimate of drug-likeness (QED) is 0.531. The monoisotopic (exact) mass is 393 g/mol. The zero-order valence-corrected chi connectivity index (χ0v) is 16.5. The third-order valence-electron chi connectivity index (χ3n) is 5.13. The molecule has 2 aliphatic heterocycles. The Bertz CT molecular complexity index is 1260. The largest absolute Gasteiger partial charge is 0.338 e. The van der Waals surface area contributed by atoms with Crippen LogP contribution in [-0.4, -0.2) is 14.5 Å². The molecule has 0 bridgehead atoms. The zero-order chi connectivity index (χ0) is 19.8.